The molecule has 0 saturated carbocycles. The number of amides is 2. The number of hydrogen-bond donors (Lipinski definition) is 0. The molecule has 0 spiro atoms. The molecule has 7 nitrogen and oxygen atoms in total. The van der Waals surface area contributed by atoms with Crippen LogP contribution in [-0.2, 0) is 32.1 Å². The lowest BCUT2D eigenvalue weighted by atomic mass is 9.99. The number of ether oxygens (including phenoxy) is 1. The van der Waals surface area contributed by atoms with Gasteiger partial charge in [0.25, 0.3) is 5.91 Å². The lowest BCUT2D eigenvalue weighted by Gasteiger charge is -2.30. The molecule has 166 valence electrons. The van der Waals surface area contributed by atoms with Crippen molar-refractivity contribution in [2.75, 3.05) is 13.1 Å². The summed E-state index contributed by atoms with van der Waals surface area (Å²) in [5.41, 5.74) is 4.23. The molecule has 2 amide bonds. The van der Waals surface area contributed by atoms with E-state index in [0.717, 1.165) is 23.3 Å². The minimum Gasteiger partial charge on any atom is -0.453 e. The normalized spacial score (nSPS) is 16.2. The predicted molar refractivity (Wildman–Crippen MR) is 120 cm³/mol. The number of rotatable bonds is 6. The first-order valence-electron chi connectivity index (χ1n) is 11.0. The van der Waals surface area contributed by atoms with Gasteiger partial charge in [-0.25, -0.2) is 5.01 Å². The molecule has 2 aliphatic rings. The Bertz CT molecular complexity index is 1030. The van der Waals surface area contributed by atoms with Crippen LogP contribution in [0.15, 0.2) is 59.7 Å². The highest BCUT2D eigenvalue weighted by molar-refractivity contribution is 6.02. The first kappa shape index (κ1) is 21.7. The summed E-state index contributed by atoms with van der Waals surface area (Å²) in [6.07, 6.45) is 0.523. The van der Waals surface area contributed by atoms with E-state index in [9.17, 15) is 14.4 Å². The topological polar surface area (TPSA) is 79.3 Å². The van der Waals surface area contributed by atoms with E-state index in [0.29, 0.717) is 26.1 Å². The van der Waals surface area contributed by atoms with Crippen LogP contribution in [0.25, 0.3) is 0 Å². The zero-order valence-corrected chi connectivity index (χ0v) is 18.2. The van der Waals surface area contributed by atoms with Gasteiger partial charge >= 0.3 is 5.97 Å². The number of hydrazone groups is 1. The van der Waals surface area contributed by atoms with Crippen molar-refractivity contribution >= 4 is 23.5 Å². The highest BCUT2D eigenvalue weighted by Gasteiger charge is 2.28. The van der Waals surface area contributed by atoms with E-state index in [4.69, 9.17) is 4.74 Å². The molecule has 7 heteroatoms. The Morgan fingerprint density at radius 3 is 2.44 bits per heavy atom. The molecule has 32 heavy (non-hydrogen) atoms. The van der Waals surface area contributed by atoms with Crippen LogP contribution in [0.3, 0.4) is 0 Å². The summed E-state index contributed by atoms with van der Waals surface area (Å²) in [5.74, 6) is -0.988. The molecule has 0 saturated heterocycles. The van der Waals surface area contributed by atoms with Gasteiger partial charge in [-0.2, -0.15) is 5.10 Å². The van der Waals surface area contributed by atoms with E-state index in [1.165, 1.54) is 10.6 Å². The molecule has 1 atom stereocenters. The van der Waals surface area contributed by atoms with Crippen LogP contribution >= 0.6 is 0 Å². The quantitative estimate of drug-likeness (QED) is 0.656. The van der Waals surface area contributed by atoms with Crippen LogP contribution in [0.4, 0.5) is 0 Å². The summed E-state index contributed by atoms with van der Waals surface area (Å²) < 4.78 is 5.32. The van der Waals surface area contributed by atoms with E-state index in [1.54, 1.807) is 11.8 Å². The minimum absolute atomic E-state index is 0.00238. The molecular formula is C25H27N3O4. The zero-order valence-electron chi connectivity index (χ0n) is 18.2. The second kappa shape index (κ2) is 9.77. The van der Waals surface area contributed by atoms with Gasteiger partial charge in [-0.05, 0) is 30.0 Å². The van der Waals surface area contributed by atoms with Gasteiger partial charge in [0, 0.05) is 25.9 Å². The Morgan fingerprint density at radius 1 is 0.938 bits per heavy atom. The Morgan fingerprint density at radius 2 is 1.66 bits per heavy atom. The van der Waals surface area contributed by atoms with Crippen LogP contribution < -0.4 is 0 Å². The maximum absolute atomic E-state index is 12.7. The fraction of sp³-hybridized carbons (Fsp3) is 0.360. The van der Waals surface area contributed by atoms with Gasteiger partial charge in [0.1, 0.15) is 0 Å². The summed E-state index contributed by atoms with van der Waals surface area (Å²) >= 11 is 0. The Kier molecular flexibility index (Phi) is 6.63. The smallest absolute Gasteiger partial charge is 0.307 e. The Labute approximate surface area is 187 Å². The number of benzene rings is 2. The number of carbonyl (C=O) groups is 3. The maximum Gasteiger partial charge on any atom is 0.307 e. The molecular weight excluding hydrogens is 406 g/mol. The number of nitrogens with zero attached hydrogens (tertiary/aromatic N) is 3. The van der Waals surface area contributed by atoms with E-state index in [1.807, 2.05) is 48.5 Å². The van der Waals surface area contributed by atoms with Crippen molar-refractivity contribution in [2.24, 2.45) is 5.10 Å². The predicted octanol–water partition coefficient (Wildman–Crippen LogP) is 2.92. The minimum atomic E-state index is -0.877. The van der Waals surface area contributed by atoms with Crippen molar-refractivity contribution in [1.82, 2.24) is 9.91 Å². The van der Waals surface area contributed by atoms with E-state index < -0.39 is 12.1 Å². The average molecular weight is 434 g/mol. The van der Waals surface area contributed by atoms with Crippen molar-refractivity contribution in [3.05, 3.63) is 71.3 Å². The molecule has 0 bridgehead atoms. The molecule has 2 aromatic carbocycles. The molecule has 2 aromatic rings. The number of carbonyl (C=O) groups excluding carboxylic acids is 3. The summed E-state index contributed by atoms with van der Waals surface area (Å²) in [6, 6.07) is 17.8. The fourth-order valence-corrected chi connectivity index (χ4v) is 4.06. The van der Waals surface area contributed by atoms with Gasteiger partial charge in [-0.1, -0.05) is 54.6 Å². The molecule has 4 rings (SSSR count). The molecule has 2 heterocycles. The van der Waals surface area contributed by atoms with E-state index in [2.05, 4.69) is 11.2 Å². The van der Waals surface area contributed by atoms with Crippen molar-refractivity contribution in [1.29, 1.82) is 0 Å². The highest BCUT2D eigenvalue weighted by Crippen LogP contribution is 2.20. The van der Waals surface area contributed by atoms with Gasteiger partial charge in [-0.3, -0.25) is 14.4 Å². The summed E-state index contributed by atoms with van der Waals surface area (Å²) in [7, 11) is 0. The lowest BCUT2D eigenvalue weighted by molar-refractivity contribution is -0.160. The molecule has 0 fully saturated rings. The second-order valence-corrected chi connectivity index (χ2v) is 8.09. The number of esters is 1. The third kappa shape index (κ3) is 5.04. The van der Waals surface area contributed by atoms with Crippen LogP contribution in [0.1, 0.15) is 42.9 Å². The van der Waals surface area contributed by atoms with E-state index in [-0.39, 0.29) is 24.7 Å². The average Bonchev–Trinajstić information content (AvgIpc) is 3.33. The Balaban J connectivity index is 1.24. The van der Waals surface area contributed by atoms with Gasteiger partial charge in [0.15, 0.2) is 6.10 Å². The van der Waals surface area contributed by atoms with E-state index >= 15 is 0 Å². The van der Waals surface area contributed by atoms with Gasteiger partial charge in [-0.15, -0.1) is 0 Å². The molecule has 0 aromatic heterocycles. The van der Waals surface area contributed by atoms with Crippen molar-refractivity contribution in [3.8, 4) is 0 Å². The van der Waals surface area contributed by atoms with Gasteiger partial charge in [0.2, 0.25) is 5.91 Å². The lowest BCUT2D eigenvalue weighted by Crippen LogP contribution is -2.42. The van der Waals surface area contributed by atoms with Crippen LogP contribution in [0, 0.1) is 0 Å². The fourth-order valence-electron chi connectivity index (χ4n) is 4.06. The summed E-state index contributed by atoms with van der Waals surface area (Å²) in [6.45, 7) is 3.21. The number of hydrogen-bond acceptors (Lipinski definition) is 5. The molecule has 2 aliphatic heterocycles. The molecule has 0 unspecified atom stereocenters. The van der Waals surface area contributed by atoms with Crippen molar-refractivity contribution in [2.45, 2.75) is 45.3 Å². The third-order valence-corrected chi connectivity index (χ3v) is 5.84. The summed E-state index contributed by atoms with van der Waals surface area (Å²) in [5, 5.41) is 5.80. The first-order chi connectivity index (χ1) is 15.5. The largest absolute Gasteiger partial charge is 0.453 e. The zero-order chi connectivity index (χ0) is 22.5. The summed E-state index contributed by atoms with van der Waals surface area (Å²) in [4.78, 5) is 39.1. The third-order valence-electron chi connectivity index (χ3n) is 5.84. The standard InChI is InChI=1S/C25H27N3O4/c1-18(25(31)27-15-13-19-7-5-6-10-21(19)17-27)32-24(30)12-11-23(29)28-16-14-22(26-28)20-8-3-2-4-9-20/h2-10,18H,11-17H2,1H3/t18-/m1/s1. The maximum atomic E-state index is 12.7. The second-order valence-electron chi connectivity index (χ2n) is 8.09. The van der Waals surface area contributed by atoms with Crippen molar-refractivity contribution < 1.29 is 19.1 Å². The van der Waals surface area contributed by atoms with Crippen LogP contribution in [0.5, 0.6) is 0 Å². The Hall–Kier alpha value is -3.48. The van der Waals surface area contributed by atoms with Crippen LogP contribution in [-0.4, -0.2) is 52.6 Å². The molecule has 0 N–H and O–H groups in total. The molecule has 0 radical (unpaired) electrons. The van der Waals surface area contributed by atoms with Gasteiger partial charge in [0.05, 0.1) is 18.7 Å². The highest BCUT2D eigenvalue weighted by atomic mass is 16.5. The first-order valence-corrected chi connectivity index (χ1v) is 11.0. The SMILES string of the molecule is C[C@@H](OC(=O)CCC(=O)N1CCC(c2ccccc2)=N1)C(=O)N1CCc2ccccc2C1. The van der Waals surface area contributed by atoms with Gasteiger partial charge < -0.3 is 9.64 Å². The molecule has 0 aliphatic carbocycles. The number of fused-ring (bicyclic) bond motifs is 1. The van der Waals surface area contributed by atoms with Crippen molar-refractivity contribution in [3.63, 3.8) is 0 Å². The monoisotopic (exact) mass is 433 g/mol. The van der Waals surface area contributed by atoms with Crippen LogP contribution in [0.2, 0.25) is 0 Å².